The molecule has 56 valence electrons. The molecule has 0 aromatic rings. The molecule has 0 aromatic heterocycles. The minimum absolute atomic E-state index is 0.553. The summed E-state index contributed by atoms with van der Waals surface area (Å²) in [4.78, 5) is 0. The highest BCUT2D eigenvalue weighted by atomic mass is 32.2. The van der Waals surface area contributed by atoms with Crippen molar-refractivity contribution in [2.45, 2.75) is 13.1 Å². The molecule has 0 aliphatic carbocycles. The van der Waals surface area contributed by atoms with Gasteiger partial charge in [-0.05, 0) is 6.92 Å². The fourth-order valence-electron chi connectivity index (χ4n) is 0.304. The molecule has 6 heteroatoms. The van der Waals surface area contributed by atoms with E-state index >= 15 is 0 Å². The number of nitrogens with two attached hydrogens (primary N) is 1. The van der Waals surface area contributed by atoms with Crippen LogP contribution in [0.1, 0.15) is 6.92 Å². The molecule has 1 unspecified atom stereocenters. The van der Waals surface area contributed by atoms with E-state index in [0.717, 1.165) is 0 Å². The van der Waals surface area contributed by atoms with Gasteiger partial charge in [-0.15, -0.1) is 0 Å². The molecule has 0 amide bonds. The van der Waals surface area contributed by atoms with E-state index in [1.54, 1.807) is 0 Å². The first-order valence-electron chi connectivity index (χ1n) is 2.44. The number of rotatable bonds is 3. The second-order valence-electron chi connectivity index (χ2n) is 1.61. The van der Waals surface area contributed by atoms with Gasteiger partial charge in [0.1, 0.15) is 0 Å². The van der Waals surface area contributed by atoms with E-state index < -0.39 is 16.4 Å². The lowest BCUT2D eigenvalue weighted by molar-refractivity contribution is 0.557. The van der Waals surface area contributed by atoms with Gasteiger partial charge in [0.15, 0.2) is 0 Å². The maximum absolute atomic E-state index is 10.5. The van der Waals surface area contributed by atoms with Gasteiger partial charge < -0.3 is 5.73 Å². The molecule has 0 bridgehead atoms. The highest BCUT2D eigenvalue weighted by Gasteiger charge is 2.05. The Labute approximate surface area is 54.8 Å². The Hall–Kier alpha value is -0.170. The maximum Gasteiger partial charge on any atom is 0.277 e. The minimum Gasteiger partial charge on any atom is -0.315 e. The van der Waals surface area contributed by atoms with E-state index in [1.807, 2.05) is 0 Å². The number of hydrogen-bond donors (Lipinski definition) is 3. The van der Waals surface area contributed by atoms with Crippen LogP contribution in [0.25, 0.3) is 0 Å². The highest BCUT2D eigenvalue weighted by Crippen LogP contribution is 1.73. The Kier molecular flexibility index (Phi) is 3.06. The fraction of sp³-hybridized carbons (Fsp3) is 1.00. The Morgan fingerprint density at radius 1 is 1.56 bits per heavy atom. The zero-order valence-electron chi connectivity index (χ0n) is 5.38. The molecular formula is C3H11N3O2S. The first kappa shape index (κ1) is 8.83. The molecule has 0 aromatic carbocycles. The summed E-state index contributed by atoms with van der Waals surface area (Å²) in [6.07, 6.45) is -0.553. The van der Waals surface area contributed by atoms with Crippen LogP contribution in [0.3, 0.4) is 0 Å². The average Bonchev–Trinajstić information content (AvgIpc) is 1.63. The summed E-state index contributed by atoms with van der Waals surface area (Å²) in [6, 6.07) is 0. The van der Waals surface area contributed by atoms with Crippen molar-refractivity contribution in [2.75, 3.05) is 7.05 Å². The molecule has 0 heterocycles. The van der Waals surface area contributed by atoms with Crippen molar-refractivity contribution in [2.24, 2.45) is 5.73 Å². The van der Waals surface area contributed by atoms with Gasteiger partial charge in [0.25, 0.3) is 10.2 Å². The van der Waals surface area contributed by atoms with Crippen LogP contribution in [0, 0.1) is 0 Å². The fourth-order valence-corrected chi connectivity index (χ4v) is 0.911. The van der Waals surface area contributed by atoms with Crippen LogP contribution in [-0.2, 0) is 10.2 Å². The van der Waals surface area contributed by atoms with E-state index in [-0.39, 0.29) is 0 Å². The Morgan fingerprint density at radius 2 is 2.00 bits per heavy atom. The minimum atomic E-state index is -3.34. The first-order chi connectivity index (χ1) is 3.98. The normalized spacial score (nSPS) is 15.4. The second-order valence-corrected chi connectivity index (χ2v) is 3.26. The van der Waals surface area contributed by atoms with Gasteiger partial charge in [0.05, 0.1) is 6.17 Å². The van der Waals surface area contributed by atoms with Crippen molar-refractivity contribution in [1.29, 1.82) is 0 Å². The molecule has 1 atom stereocenters. The third-order valence-electron chi connectivity index (χ3n) is 0.610. The van der Waals surface area contributed by atoms with Crippen molar-refractivity contribution in [3.05, 3.63) is 0 Å². The van der Waals surface area contributed by atoms with Crippen LogP contribution < -0.4 is 15.2 Å². The quantitative estimate of drug-likeness (QED) is 0.424. The summed E-state index contributed by atoms with van der Waals surface area (Å²) in [5, 5.41) is 0. The SMILES string of the molecule is CNS(=O)(=O)NC(C)N. The van der Waals surface area contributed by atoms with Crippen LogP contribution >= 0.6 is 0 Å². The topological polar surface area (TPSA) is 84.2 Å². The van der Waals surface area contributed by atoms with Crippen molar-refractivity contribution in [3.8, 4) is 0 Å². The van der Waals surface area contributed by atoms with E-state index in [0.29, 0.717) is 0 Å². The Morgan fingerprint density at radius 3 is 2.11 bits per heavy atom. The van der Waals surface area contributed by atoms with Crippen LogP contribution in [-0.4, -0.2) is 21.6 Å². The van der Waals surface area contributed by atoms with Crippen LogP contribution in [0.15, 0.2) is 0 Å². The molecule has 0 rings (SSSR count). The lowest BCUT2D eigenvalue weighted by Crippen LogP contribution is -2.44. The van der Waals surface area contributed by atoms with Gasteiger partial charge in [0.2, 0.25) is 0 Å². The summed E-state index contributed by atoms with van der Waals surface area (Å²) >= 11 is 0. The van der Waals surface area contributed by atoms with Gasteiger partial charge in [-0.25, -0.2) is 4.72 Å². The lowest BCUT2D eigenvalue weighted by atomic mass is 10.7. The molecular weight excluding hydrogens is 142 g/mol. The molecule has 0 spiro atoms. The molecule has 0 saturated heterocycles. The predicted molar refractivity (Wildman–Crippen MR) is 34.8 cm³/mol. The van der Waals surface area contributed by atoms with E-state index in [2.05, 4.69) is 9.44 Å². The maximum atomic E-state index is 10.5. The van der Waals surface area contributed by atoms with Gasteiger partial charge >= 0.3 is 0 Å². The highest BCUT2D eigenvalue weighted by molar-refractivity contribution is 7.87. The molecule has 0 aliphatic heterocycles. The second kappa shape index (κ2) is 3.11. The molecule has 4 N–H and O–H groups in total. The molecule has 9 heavy (non-hydrogen) atoms. The van der Waals surface area contributed by atoms with Gasteiger partial charge in [-0.1, -0.05) is 0 Å². The third kappa shape index (κ3) is 4.34. The standard InChI is InChI=1S/C3H11N3O2S/c1-3(4)6-9(7,8)5-2/h3,5-6H,4H2,1-2H3. The van der Waals surface area contributed by atoms with Crippen molar-refractivity contribution < 1.29 is 8.42 Å². The monoisotopic (exact) mass is 153 g/mol. The van der Waals surface area contributed by atoms with Crippen LogP contribution in [0.4, 0.5) is 0 Å². The molecule has 0 saturated carbocycles. The average molecular weight is 153 g/mol. The largest absolute Gasteiger partial charge is 0.315 e. The van der Waals surface area contributed by atoms with Gasteiger partial charge in [-0.3, -0.25) is 0 Å². The predicted octanol–water partition coefficient (Wildman–Crippen LogP) is -1.66. The van der Waals surface area contributed by atoms with E-state index in [9.17, 15) is 8.42 Å². The summed E-state index contributed by atoms with van der Waals surface area (Å²) in [7, 11) is -2.03. The van der Waals surface area contributed by atoms with Crippen LogP contribution in [0.5, 0.6) is 0 Å². The van der Waals surface area contributed by atoms with E-state index in [4.69, 9.17) is 5.73 Å². The summed E-state index contributed by atoms with van der Waals surface area (Å²) < 4.78 is 25.2. The summed E-state index contributed by atoms with van der Waals surface area (Å²) in [6.45, 7) is 1.54. The molecule has 5 nitrogen and oxygen atoms in total. The number of nitrogens with one attached hydrogen (secondary N) is 2. The Bertz CT molecular complexity index is 162. The summed E-state index contributed by atoms with van der Waals surface area (Å²) in [5.41, 5.74) is 5.12. The molecule has 0 fully saturated rings. The molecule has 0 radical (unpaired) electrons. The smallest absolute Gasteiger partial charge is 0.277 e. The van der Waals surface area contributed by atoms with Crippen molar-refractivity contribution in [1.82, 2.24) is 9.44 Å². The van der Waals surface area contributed by atoms with Gasteiger partial charge in [-0.2, -0.15) is 13.1 Å². The lowest BCUT2D eigenvalue weighted by Gasteiger charge is -2.06. The van der Waals surface area contributed by atoms with Crippen molar-refractivity contribution >= 4 is 10.2 Å². The van der Waals surface area contributed by atoms with E-state index in [1.165, 1.54) is 14.0 Å². The zero-order valence-corrected chi connectivity index (χ0v) is 6.20. The first-order valence-corrected chi connectivity index (χ1v) is 3.92. The summed E-state index contributed by atoms with van der Waals surface area (Å²) in [5.74, 6) is 0. The Balaban J connectivity index is 3.90. The third-order valence-corrected chi connectivity index (χ3v) is 1.83. The van der Waals surface area contributed by atoms with Crippen LogP contribution in [0.2, 0.25) is 0 Å². The van der Waals surface area contributed by atoms with Crippen molar-refractivity contribution in [3.63, 3.8) is 0 Å². The van der Waals surface area contributed by atoms with Gasteiger partial charge in [0, 0.05) is 7.05 Å². The number of hydrogen-bond acceptors (Lipinski definition) is 3. The molecule has 0 aliphatic rings. The zero-order chi connectivity index (χ0) is 7.49.